The highest BCUT2D eigenvalue weighted by Gasteiger charge is 2.00. The van der Waals surface area contributed by atoms with Gasteiger partial charge in [-0.2, -0.15) is 0 Å². The summed E-state index contributed by atoms with van der Waals surface area (Å²) in [5, 5.41) is 2.50. The van der Waals surface area contributed by atoms with Crippen molar-refractivity contribution < 1.29 is 0 Å². The molecular formula is C17H14BrN. The van der Waals surface area contributed by atoms with Crippen LogP contribution in [0, 0.1) is 0 Å². The molecule has 3 aromatic rings. The van der Waals surface area contributed by atoms with Gasteiger partial charge in [0.15, 0.2) is 0 Å². The molecule has 0 fully saturated rings. The number of rotatable bonds is 2. The van der Waals surface area contributed by atoms with Crippen molar-refractivity contribution in [1.82, 2.24) is 0 Å². The smallest absolute Gasteiger partial charge is 0.0181 e. The first kappa shape index (κ1) is 12.4. The van der Waals surface area contributed by atoms with Gasteiger partial charge < -0.3 is 5.73 Å². The third-order valence-electron chi connectivity index (χ3n) is 3.33. The van der Waals surface area contributed by atoms with Crippen LogP contribution in [-0.2, 0) is 6.54 Å². The molecule has 0 aliphatic heterocycles. The van der Waals surface area contributed by atoms with Crippen LogP contribution in [-0.4, -0.2) is 0 Å². The van der Waals surface area contributed by atoms with Crippen molar-refractivity contribution in [2.45, 2.75) is 6.54 Å². The Labute approximate surface area is 121 Å². The molecular weight excluding hydrogens is 298 g/mol. The lowest BCUT2D eigenvalue weighted by Gasteiger charge is -2.06. The second-order valence-electron chi connectivity index (χ2n) is 4.61. The molecule has 0 bridgehead atoms. The predicted molar refractivity (Wildman–Crippen MR) is 85.0 cm³/mol. The van der Waals surface area contributed by atoms with Crippen LogP contribution in [0.5, 0.6) is 0 Å². The Bertz CT molecular complexity index is 717. The van der Waals surface area contributed by atoms with Crippen LogP contribution in [0.2, 0.25) is 0 Å². The maximum atomic E-state index is 5.62. The van der Waals surface area contributed by atoms with Gasteiger partial charge in [-0.25, -0.2) is 0 Å². The van der Waals surface area contributed by atoms with Crippen LogP contribution in [0.4, 0.5) is 0 Å². The van der Waals surface area contributed by atoms with E-state index in [-0.39, 0.29) is 0 Å². The number of benzene rings is 3. The fourth-order valence-corrected chi connectivity index (χ4v) is 2.61. The third kappa shape index (κ3) is 2.55. The Kier molecular flexibility index (Phi) is 3.36. The minimum absolute atomic E-state index is 0.589. The van der Waals surface area contributed by atoms with Gasteiger partial charge >= 0.3 is 0 Å². The van der Waals surface area contributed by atoms with E-state index in [2.05, 4.69) is 76.6 Å². The summed E-state index contributed by atoms with van der Waals surface area (Å²) < 4.78 is 1.11. The minimum atomic E-state index is 0.589. The van der Waals surface area contributed by atoms with Crippen LogP contribution < -0.4 is 5.73 Å². The molecule has 1 nitrogen and oxygen atoms in total. The zero-order chi connectivity index (χ0) is 13.2. The average molecular weight is 312 g/mol. The lowest BCUT2D eigenvalue weighted by atomic mass is 10.0. The van der Waals surface area contributed by atoms with Crippen molar-refractivity contribution in [3.05, 3.63) is 70.7 Å². The molecule has 0 aromatic heterocycles. The Morgan fingerprint density at radius 1 is 0.737 bits per heavy atom. The highest BCUT2D eigenvalue weighted by atomic mass is 79.9. The summed E-state index contributed by atoms with van der Waals surface area (Å²) in [4.78, 5) is 0. The summed E-state index contributed by atoms with van der Waals surface area (Å²) in [6, 6.07) is 21.3. The number of fused-ring (bicyclic) bond motifs is 1. The van der Waals surface area contributed by atoms with E-state index in [0.717, 1.165) is 10.0 Å². The molecule has 0 spiro atoms. The first-order chi connectivity index (χ1) is 9.26. The van der Waals surface area contributed by atoms with Gasteiger partial charge in [-0.15, -0.1) is 0 Å². The highest BCUT2D eigenvalue weighted by molar-refractivity contribution is 9.10. The second kappa shape index (κ2) is 5.16. The lowest BCUT2D eigenvalue weighted by molar-refractivity contribution is 1.07. The molecule has 2 N–H and O–H groups in total. The molecule has 0 amide bonds. The second-order valence-corrected chi connectivity index (χ2v) is 5.52. The standard InChI is InChI=1S/C17H14BrN/c18-17-8-7-15-9-14(5-6-16(15)10-17)13-3-1-12(11-19)2-4-13/h1-10H,11,19H2. The molecule has 3 aromatic carbocycles. The van der Waals surface area contributed by atoms with Crippen molar-refractivity contribution >= 4 is 26.7 Å². The average Bonchev–Trinajstić information content (AvgIpc) is 2.47. The molecule has 3 rings (SSSR count). The maximum Gasteiger partial charge on any atom is 0.0181 e. The first-order valence-corrected chi connectivity index (χ1v) is 7.04. The van der Waals surface area contributed by atoms with E-state index in [4.69, 9.17) is 5.73 Å². The number of hydrogen-bond donors (Lipinski definition) is 1. The van der Waals surface area contributed by atoms with Crippen LogP contribution >= 0.6 is 15.9 Å². The third-order valence-corrected chi connectivity index (χ3v) is 3.82. The summed E-state index contributed by atoms with van der Waals surface area (Å²) in [6.45, 7) is 0.589. The minimum Gasteiger partial charge on any atom is -0.326 e. The molecule has 0 saturated heterocycles. The van der Waals surface area contributed by atoms with E-state index in [9.17, 15) is 0 Å². The normalized spacial score (nSPS) is 10.8. The number of hydrogen-bond acceptors (Lipinski definition) is 1. The molecule has 94 valence electrons. The SMILES string of the molecule is NCc1ccc(-c2ccc3cc(Br)ccc3c2)cc1. The monoisotopic (exact) mass is 311 g/mol. The summed E-state index contributed by atoms with van der Waals surface area (Å²) in [5.41, 5.74) is 9.24. The van der Waals surface area contributed by atoms with Gasteiger partial charge in [0.25, 0.3) is 0 Å². The number of nitrogens with two attached hydrogens (primary N) is 1. The molecule has 0 aliphatic rings. The van der Waals surface area contributed by atoms with E-state index in [0.29, 0.717) is 6.54 Å². The van der Waals surface area contributed by atoms with Crippen LogP contribution in [0.3, 0.4) is 0 Å². The molecule has 0 atom stereocenters. The largest absolute Gasteiger partial charge is 0.326 e. The molecule has 0 aliphatic carbocycles. The molecule has 0 unspecified atom stereocenters. The molecule has 19 heavy (non-hydrogen) atoms. The van der Waals surface area contributed by atoms with Gasteiger partial charge in [-0.1, -0.05) is 58.4 Å². The van der Waals surface area contributed by atoms with Crippen molar-refractivity contribution in [2.75, 3.05) is 0 Å². The van der Waals surface area contributed by atoms with Crippen molar-refractivity contribution in [3.63, 3.8) is 0 Å². The van der Waals surface area contributed by atoms with Crippen LogP contribution in [0.25, 0.3) is 21.9 Å². The Hall–Kier alpha value is -1.64. The number of halogens is 1. The Morgan fingerprint density at radius 2 is 1.37 bits per heavy atom. The topological polar surface area (TPSA) is 26.0 Å². The highest BCUT2D eigenvalue weighted by Crippen LogP contribution is 2.26. The van der Waals surface area contributed by atoms with Crippen molar-refractivity contribution in [3.8, 4) is 11.1 Å². The Morgan fingerprint density at radius 3 is 2.11 bits per heavy atom. The van der Waals surface area contributed by atoms with E-state index >= 15 is 0 Å². The fourth-order valence-electron chi connectivity index (χ4n) is 2.23. The molecule has 2 heteroatoms. The molecule has 0 saturated carbocycles. The summed E-state index contributed by atoms with van der Waals surface area (Å²) in [6.07, 6.45) is 0. The van der Waals surface area contributed by atoms with Gasteiger partial charge in [-0.05, 0) is 45.7 Å². The quantitative estimate of drug-likeness (QED) is 0.727. The van der Waals surface area contributed by atoms with Gasteiger partial charge in [0, 0.05) is 11.0 Å². The van der Waals surface area contributed by atoms with Gasteiger partial charge in [0.2, 0.25) is 0 Å². The first-order valence-electron chi connectivity index (χ1n) is 6.25. The lowest BCUT2D eigenvalue weighted by Crippen LogP contribution is -1.95. The van der Waals surface area contributed by atoms with Gasteiger partial charge in [0.1, 0.15) is 0 Å². The van der Waals surface area contributed by atoms with Gasteiger partial charge in [-0.3, -0.25) is 0 Å². The molecule has 0 heterocycles. The van der Waals surface area contributed by atoms with Crippen molar-refractivity contribution in [2.24, 2.45) is 5.73 Å². The zero-order valence-corrected chi connectivity index (χ0v) is 12.0. The van der Waals surface area contributed by atoms with E-state index in [1.54, 1.807) is 0 Å². The Balaban J connectivity index is 2.06. The summed E-state index contributed by atoms with van der Waals surface area (Å²) in [7, 11) is 0. The van der Waals surface area contributed by atoms with Gasteiger partial charge in [0.05, 0.1) is 0 Å². The summed E-state index contributed by atoms with van der Waals surface area (Å²) in [5.74, 6) is 0. The zero-order valence-electron chi connectivity index (χ0n) is 10.4. The van der Waals surface area contributed by atoms with E-state index in [1.165, 1.54) is 21.9 Å². The van der Waals surface area contributed by atoms with E-state index < -0.39 is 0 Å². The fraction of sp³-hybridized carbons (Fsp3) is 0.0588. The van der Waals surface area contributed by atoms with Crippen LogP contribution in [0.1, 0.15) is 5.56 Å². The molecule has 0 radical (unpaired) electrons. The predicted octanol–water partition coefficient (Wildman–Crippen LogP) is 4.73. The maximum absolute atomic E-state index is 5.62. The van der Waals surface area contributed by atoms with Crippen LogP contribution in [0.15, 0.2) is 65.1 Å². The summed E-state index contributed by atoms with van der Waals surface area (Å²) >= 11 is 3.50. The van der Waals surface area contributed by atoms with Crippen molar-refractivity contribution in [1.29, 1.82) is 0 Å². The van der Waals surface area contributed by atoms with E-state index in [1.807, 2.05) is 0 Å².